The predicted molar refractivity (Wildman–Crippen MR) is 104 cm³/mol. The van der Waals surface area contributed by atoms with E-state index in [1.54, 1.807) is 13.8 Å². The van der Waals surface area contributed by atoms with E-state index in [1.165, 1.54) is 4.90 Å². The molecule has 2 rings (SSSR count). The van der Waals surface area contributed by atoms with Gasteiger partial charge in [-0.1, -0.05) is 32.0 Å². The summed E-state index contributed by atoms with van der Waals surface area (Å²) in [5.74, 6) is -0.344. The van der Waals surface area contributed by atoms with E-state index in [0.717, 1.165) is 5.69 Å². The fraction of sp³-hybridized carbons (Fsp3) is 0.600. The van der Waals surface area contributed by atoms with Crippen LogP contribution in [0.25, 0.3) is 0 Å². The van der Waals surface area contributed by atoms with Crippen molar-refractivity contribution in [3.8, 4) is 0 Å². The second kappa shape index (κ2) is 7.76. The molecule has 0 unspecified atom stereocenters. The standard InChI is InChI=1S/C20H31N3O4/c1-13(2)15-16(17(24)22-21-14-11-9-8-10-12-14)26-20(6,7)23(15)18(25)27-19(3,4)5/h8-13,15-16,21H,1-7H3,(H,22,24)/t15-,16+/m0/s1. The molecule has 1 saturated heterocycles. The Bertz CT molecular complexity index is 668. The van der Waals surface area contributed by atoms with Crippen LogP contribution >= 0.6 is 0 Å². The average Bonchev–Trinajstić information content (AvgIpc) is 2.83. The lowest BCUT2D eigenvalue weighted by atomic mass is 9.97. The number of benzene rings is 1. The number of hydrogen-bond donors (Lipinski definition) is 2. The first kappa shape index (κ1) is 21.0. The first-order valence-corrected chi connectivity index (χ1v) is 9.23. The largest absolute Gasteiger partial charge is 0.444 e. The summed E-state index contributed by atoms with van der Waals surface area (Å²) in [6.45, 7) is 12.9. The summed E-state index contributed by atoms with van der Waals surface area (Å²) in [6, 6.07) is 8.85. The molecule has 0 bridgehead atoms. The molecule has 2 atom stereocenters. The topological polar surface area (TPSA) is 79.9 Å². The van der Waals surface area contributed by atoms with Gasteiger partial charge >= 0.3 is 6.09 Å². The van der Waals surface area contributed by atoms with Gasteiger partial charge in [0, 0.05) is 0 Å². The number of hydrogen-bond acceptors (Lipinski definition) is 5. The predicted octanol–water partition coefficient (Wildman–Crippen LogP) is 3.53. The molecular formula is C20H31N3O4. The Labute approximate surface area is 161 Å². The van der Waals surface area contributed by atoms with E-state index in [0.29, 0.717) is 0 Å². The van der Waals surface area contributed by atoms with Crippen LogP contribution in [0.5, 0.6) is 0 Å². The second-order valence-corrected chi connectivity index (χ2v) is 8.55. The number of rotatable bonds is 4. The van der Waals surface area contributed by atoms with Crippen molar-refractivity contribution >= 4 is 17.7 Å². The van der Waals surface area contributed by atoms with Gasteiger partial charge < -0.3 is 9.47 Å². The molecule has 7 nitrogen and oxygen atoms in total. The molecule has 1 fully saturated rings. The maximum absolute atomic E-state index is 12.8. The molecule has 7 heteroatoms. The normalized spacial score (nSPS) is 21.9. The van der Waals surface area contributed by atoms with Crippen LogP contribution in [0, 0.1) is 5.92 Å². The first-order valence-electron chi connectivity index (χ1n) is 9.23. The van der Waals surface area contributed by atoms with Gasteiger partial charge in [-0.15, -0.1) is 0 Å². The molecule has 1 aliphatic rings. The minimum absolute atomic E-state index is 0.00762. The quantitative estimate of drug-likeness (QED) is 0.785. The van der Waals surface area contributed by atoms with Crippen LogP contribution in [0.15, 0.2) is 30.3 Å². The van der Waals surface area contributed by atoms with Gasteiger partial charge in [-0.3, -0.25) is 20.5 Å². The summed E-state index contributed by atoms with van der Waals surface area (Å²) >= 11 is 0. The molecule has 1 heterocycles. The van der Waals surface area contributed by atoms with Crippen molar-refractivity contribution in [2.75, 3.05) is 5.43 Å². The molecule has 2 amide bonds. The van der Waals surface area contributed by atoms with Gasteiger partial charge in [0.25, 0.3) is 5.91 Å². The van der Waals surface area contributed by atoms with Gasteiger partial charge in [-0.05, 0) is 52.7 Å². The lowest BCUT2D eigenvalue weighted by Gasteiger charge is -2.36. The summed E-state index contributed by atoms with van der Waals surface area (Å²) in [5, 5.41) is 0. The van der Waals surface area contributed by atoms with Crippen molar-refractivity contribution in [3.63, 3.8) is 0 Å². The molecule has 0 aliphatic carbocycles. The van der Waals surface area contributed by atoms with E-state index >= 15 is 0 Å². The van der Waals surface area contributed by atoms with Gasteiger partial charge in [0.15, 0.2) is 6.10 Å². The van der Waals surface area contributed by atoms with E-state index in [4.69, 9.17) is 9.47 Å². The first-order chi connectivity index (χ1) is 12.4. The maximum Gasteiger partial charge on any atom is 0.412 e. The van der Waals surface area contributed by atoms with Crippen LogP contribution in [0.4, 0.5) is 10.5 Å². The monoisotopic (exact) mass is 377 g/mol. The van der Waals surface area contributed by atoms with E-state index in [-0.39, 0.29) is 11.8 Å². The zero-order valence-electron chi connectivity index (χ0n) is 17.2. The highest BCUT2D eigenvalue weighted by atomic mass is 16.6. The van der Waals surface area contributed by atoms with E-state index in [9.17, 15) is 9.59 Å². The zero-order chi connectivity index (χ0) is 20.4. The lowest BCUT2D eigenvalue weighted by molar-refractivity contribution is -0.138. The van der Waals surface area contributed by atoms with Gasteiger partial charge in [-0.25, -0.2) is 4.79 Å². The van der Waals surface area contributed by atoms with Crippen LogP contribution < -0.4 is 10.9 Å². The molecule has 27 heavy (non-hydrogen) atoms. The van der Waals surface area contributed by atoms with Crippen molar-refractivity contribution < 1.29 is 19.1 Å². The van der Waals surface area contributed by atoms with E-state index < -0.39 is 29.6 Å². The Morgan fingerprint density at radius 1 is 1.19 bits per heavy atom. The summed E-state index contributed by atoms with van der Waals surface area (Å²) in [4.78, 5) is 27.1. The number of ether oxygens (including phenoxy) is 2. The van der Waals surface area contributed by atoms with E-state index in [2.05, 4.69) is 10.9 Å². The Kier molecular flexibility index (Phi) is 6.04. The molecule has 1 aromatic rings. The van der Waals surface area contributed by atoms with Crippen molar-refractivity contribution in [3.05, 3.63) is 30.3 Å². The van der Waals surface area contributed by atoms with Gasteiger partial charge in [-0.2, -0.15) is 0 Å². The number of amides is 2. The van der Waals surface area contributed by atoms with Crippen molar-refractivity contribution in [2.45, 2.75) is 71.9 Å². The number of carbonyl (C=O) groups excluding carboxylic acids is 2. The maximum atomic E-state index is 12.8. The highest BCUT2D eigenvalue weighted by molar-refractivity contribution is 5.84. The molecule has 2 N–H and O–H groups in total. The second-order valence-electron chi connectivity index (χ2n) is 8.55. The molecule has 150 valence electrons. The molecule has 0 aromatic heterocycles. The van der Waals surface area contributed by atoms with Crippen LogP contribution in [-0.4, -0.2) is 40.4 Å². The van der Waals surface area contributed by atoms with E-state index in [1.807, 2.05) is 65.0 Å². The minimum atomic E-state index is -0.966. The SMILES string of the molecule is CC(C)[C@H]1[C@H](C(=O)NNc2ccccc2)OC(C)(C)N1C(=O)OC(C)(C)C. The number of nitrogens with one attached hydrogen (secondary N) is 2. The Morgan fingerprint density at radius 3 is 2.30 bits per heavy atom. The fourth-order valence-corrected chi connectivity index (χ4v) is 3.17. The third-order valence-electron chi connectivity index (χ3n) is 4.24. The summed E-state index contributed by atoms with van der Waals surface area (Å²) in [6.07, 6.45) is -1.30. The summed E-state index contributed by atoms with van der Waals surface area (Å²) in [5.41, 5.74) is 4.71. The number of hydrazine groups is 1. The fourth-order valence-electron chi connectivity index (χ4n) is 3.17. The van der Waals surface area contributed by atoms with Crippen molar-refractivity contribution in [1.82, 2.24) is 10.3 Å². The number of nitrogens with zero attached hydrogens (tertiary/aromatic N) is 1. The Morgan fingerprint density at radius 2 is 1.78 bits per heavy atom. The van der Waals surface area contributed by atoms with Gasteiger partial charge in [0.2, 0.25) is 0 Å². The van der Waals surface area contributed by atoms with Gasteiger partial charge in [0.1, 0.15) is 11.3 Å². The summed E-state index contributed by atoms with van der Waals surface area (Å²) < 4.78 is 11.5. The zero-order valence-corrected chi connectivity index (χ0v) is 17.2. The Balaban J connectivity index is 2.18. The third-order valence-corrected chi connectivity index (χ3v) is 4.24. The number of para-hydroxylation sites is 1. The van der Waals surface area contributed by atoms with Gasteiger partial charge in [0.05, 0.1) is 11.7 Å². The molecule has 0 spiro atoms. The van der Waals surface area contributed by atoms with Crippen LogP contribution in [0.3, 0.4) is 0 Å². The molecule has 0 saturated carbocycles. The molecule has 1 aromatic carbocycles. The highest BCUT2D eigenvalue weighted by Crippen LogP contribution is 2.37. The highest BCUT2D eigenvalue weighted by Gasteiger charge is 2.54. The third kappa shape index (κ3) is 5.13. The number of carbonyl (C=O) groups is 2. The molecular weight excluding hydrogens is 346 g/mol. The minimum Gasteiger partial charge on any atom is -0.444 e. The van der Waals surface area contributed by atoms with Crippen LogP contribution in [0.1, 0.15) is 48.5 Å². The lowest BCUT2D eigenvalue weighted by Crippen LogP contribution is -2.53. The van der Waals surface area contributed by atoms with Crippen molar-refractivity contribution in [2.24, 2.45) is 5.92 Å². The Hall–Kier alpha value is -2.28. The average molecular weight is 377 g/mol. The summed E-state index contributed by atoms with van der Waals surface area (Å²) in [7, 11) is 0. The number of anilines is 1. The smallest absolute Gasteiger partial charge is 0.412 e. The van der Waals surface area contributed by atoms with Crippen LogP contribution in [0.2, 0.25) is 0 Å². The molecule has 0 radical (unpaired) electrons. The van der Waals surface area contributed by atoms with Crippen molar-refractivity contribution in [1.29, 1.82) is 0 Å². The molecule has 1 aliphatic heterocycles. The van der Waals surface area contributed by atoms with Crippen LogP contribution in [-0.2, 0) is 14.3 Å².